The summed E-state index contributed by atoms with van der Waals surface area (Å²) in [6.07, 6.45) is 8.57. The van der Waals surface area contributed by atoms with Gasteiger partial charge in [0.05, 0.1) is 23.4 Å². The molecule has 0 saturated heterocycles. The summed E-state index contributed by atoms with van der Waals surface area (Å²) in [6, 6.07) is 8.69. The zero-order valence-corrected chi connectivity index (χ0v) is 19.5. The Labute approximate surface area is 194 Å². The van der Waals surface area contributed by atoms with Crippen LogP contribution in [0.25, 0.3) is 11.1 Å². The Morgan fingerprint density at radius 1 is 1.24 bits per heavy atom. The van der Waals surface area contributed by atoms with Gasteiger partial charge in [-0.3, -0.25) is 9.48 Å². The van der Waals surface area contributed by atoms with Crippen molar-refractivity contribution in [2.45, 2.75) is 76.5 Å². The molecule has 7 heteroatoms. The number of azo groups is 1. The zero-order valence-electron chi connectivity index (χ0n) is 19.5. The number of hydrogen-bond donors (Lipinski definition) is 2. The quantitative estimate of drug-likeness (QED) is 0.741. The van der Waals surface area contributed by atoms with Gasteiger partial charge in [0.2, 0.25) is 0 Å². The van der Waals surface area contributed by atoms with E-state index in [1.807, 2.05) is 12.4 Å². The Morgan fingerprint density at radius 2 is 2.12 bits per heavy atom. The van der Waals surface area contributed by atoms with E-state index in [0.717, 1.165) is 53.8 Å². The van der Waals surface area contributed by atoms with Gasteiger partial charge in [-0.15, -0.1) is 0 Å². The molecule has 6 rings (SSSR count). The van der Waals surface area contributed by atoms with Gasteiger partial charge in [0.15, 0.2) is 6.17 Å². The highest BCUT2D eigenvalue weighted by atomic mass is 16.2. The monoisotopic (exact) mass is 442 g/mol. The summed E-state index contributed by atoms with van der Waals surface area (Å²) in [5, 5.41) is 20.1. The number of fused-ring (bicyclic) bond motifs is 2. The molecule has 1 aromatic heterocycles. The van der Waals surface area contributed by atoms with Crippen molar-refractivity contribution in [1.29, 1.82) is 0 Å². The lowest BCUT2D eigenvalue weighted by molar-refractivity contribution is -0.120. The normalized spacial score (nSPS) is 27.3. The van der Waals surface area contributed by atoms with E-state index >= 15 is 0 Å². The van der Waals surface area contributed by atoms with E-state index in [4.69, 9.17) is 0 Å². The molecule has 4 aliphatic heterocycles. The minimum Gasteiger partial charge on any atom is -0.362 e. The smallest absolute Gasteiger partial charge is 0.250 e. The van der Waals surface area contributed by atoms with Crippen molar-refractivity contribution in [3.05, 3.63) is 64.8 Å². The summed E-state index contributed by atoms with van der Waals surface area (Å²) in [5.74, 6) is -0.00448. The van der Waals surface area contributed by atoms with Crippen LogP contribution in [0.3, 0.4) is 0 Å². The lowest BCUT2D eigenvalue weighted by Gasteiger charge is -2.48. The lowest BCUT2D eigenvalue weighted by Crippen LogP contribution is -2.58. The zero-order chi connectivity index (χ0) is 22.8. The largest absolute Gasteiger partial charge is 0.362 e. The summed E-state index contributed by atoms with van der Waals surface area (Å²) >= 11 is 0. The molecule has 0 aliphatic carbocycles. The number of carbonyl (C=O) groups is 1. The molecule has 0 saturated carbocycles. The predicted octanol–water partition coefficient (Wildman–Crippen LogP) is 4.37. The van der Waals surface area contributed by atoms with Crippen molar-refractivity contribution >= 4 is 5.91 Å². The molecule has 4 aliphatic rings. The van der Waals surface area contributed by atoms with Gasteiger partial charge >= 0.3 is 0 Å². The number of nitrogens with zero attached hydrogens (tertiary/aromatic N) is 4. The van der Waals surface area contributed by atoms with E-state index < -0.39 is 5.41 Å². The van der Waals surface area contributed by atoms with Crippen LogP contribution in [0.2, 0.25) is 0 Å². The van der Waals surface area contributed by atoms with E-state index in [-0.39, 0.29) is 17.6 Å². The minimum absolute atomic E-state index is 0.00448. The van der Waals surface area contributed by atoms with Crippen LogP contribution in [-0.4, -0.2) is 27.4 Å². The van der Waals surface area contributed by atoms with Gasteiger partial charge in [-0.05, 0) is 56.7 Å². The van der Waals surface area contributed by atoms with Crippen molar-refractivity contribution in [3.8, 4) is 11.1 Å². The molecule has 2 aromatic rings. The third-order valence-corrected chi connectivity index (χ3v) is 7.68. The van der Waals surface area contributed by atoms with E-state index in [1.54, 1.807) is 0 Å². The van der Waals surface area contributed by atoms with Gasteiger partial charge in [0, 0.05) is 41.0 Å². The molecule has 0 spiro atoms. The first-order chi connectivity index (χ1) is 15.9. The number of aromatic nitrogens is 2. The van der Waals surface area contributed by atoms with E-state index in [2.05, 4.69) is 75.7 Å². The fraction of sp³-hybridized carbons (Fsp3) is 0.462. The van der Waals surface area contributed by atoms with Crippen LogP contribution in [0.4, 0.5) is 0 Å². The number of hydrogen-bond acceptors (Lipinski definition) is 5. The first-order valence-electron chi connectivity index (χ1n) is 12.0. The SMILES string of the molecule is CC[C@@]1(c2cccc(-c3cnn4c3CCCC4)c2)C2=CN=NC2NC2=C1C(=O)NC(C)(C)C2. The van der Waals surface area contributed by atoms with E-state index in [0.29, 0.717) is 0 Å². The van der Waals surface area contributed by atoms with Crippen molar-refractivity contribution in [2.24, 2.45) is 10.2 Å². The first-order valence-corrected chi connectivity index (χ1v) is 12.0. The molecule has 0 radical (unpaired) electrons. The maximum absolute atomic E-state index is 13.6. The summed E-state index contributed by atoms with van der Waals surface area (Å²) in [7, 11) is 0. The molecular weight excluding hydrogens is 412 g/mol. The molecule has 1 unspecified atom stereocenters. The van der Waals surface area contributed by atoms with Crippen molar-refractivity contribution in [3.63, 3.8) is 0 Å². The van der Waals surface area contributed by atoms with Crippen molar-refractivity contribution in [1.82, 2.24) is 20.4 Å². The third-order valence-electron chi connectivity index (χ3n) is 7.68. The third kappa shape index (κ3) is 2.94. The molecule has 2 atom stereocenters. The molecule has 5 heterocycles. The summed E-state index contributed by atoms with van der Waals surface area (Å²) in [6.45, 7) is 7.28. The second kappa shape index (κ2) is 7.14. The van der Waals surface area contributed by atoms with Gasteiger partial charge < -0.3 is 10.6 Å². The predicted molar refractivity (Wildman–Crippen MR) is 126 cm³/mol. The summed E-state index contributed by atoms with van der Waals surface area (Å²) in [5.41, 5.74) is 6.76. The number of amides is 1. The Bertz CT molecular complexity index is 1250. The molecule has 1 aromatic carbocycles. The summed E-state index contributed by atoms with van der Waals surface area (Å²) in [4.78, 5) is 13.6. The molecule has 7 nitrogen and oxygen atoms in total. The van der Waals surface area contributed by atoms with Crippen LogP contribution in [0.15, 0.2) is 63.7 Å². The number of benzene rings is 1. The number of carbonyl (C=O) groups excluding carboxylic acids is 1. The number of rotatable bonds is 3. The van der Waals surface area contributed by atoms with Crippen LogP contribution in [0.1, 0.15) is 57.7 Å². The fourth-order valence-corrected chi connectivity index (χ4v) is 6.22. The van der Waals surface area contributed by atoms with Gasteiger partial charge in [-0.1, -0.05) is 25.1 Å². The van der Waals surface area contributed by atoms with Crippen molar-refractivity contribution < 1.29 is 4.79 Å². The molecule has 0 fully saturated rings. The average Bonchev–Trinajstić information content (AvgIpc) is 3.44. The molecular formula is C26H30N6O. The average molecular weight is 443 g/mol. The van der Waals surface area contributed by atoms with Crippen LogP contribution in [-0.2, 0) is 23.2 Å². The van der Waals surface area contributed by atoms with Gasteiger partial charge in [-0.25, -0.2) is 0 Å². The topological polar surface area (TPSA) is 83.7 Å². The van der Waals surface area contributed by atoms with Gasteiger partial charge in [-0.2, -0.15) is 15.3 Å². The van der Waals surface area contributed by atoms with Crippen LogP contribution >= 0.6 is 0 Å². The fourth-order valence-electron chi connectivity index (χ4n) is 6.22. The Morgan fingerprint density at radius 3 is 2.97 bits per heavy atom. The first kappa shape index (κ1) is 20.4. The molecule has 33 heavy (non-hydrogen) atoms. The van der Waals surface area contributed by atoms with Crippen LogP contribution < -0.4 is 10.6 Å². The van der Waals surface area contributed by atoms with Crippen molar-refractivity contribution in [2.75, 3.05) is 0 Å². The highest BCUT2D eigenvalue weighted by Gasteiger charge is 2.53. The maximum Gasteiger partial charge on any atom is 0.250 e. The number of aryl methyl sites for hydroxylation is 1. The highest BCUT2D eigenvalue weighted by molar-refractivity contribution is 6.00. The summed E-state index contributed by atoms with van der Waals surface area (Å²) < 4.78 is 2.15. The second-order valence-corrected chi connectivity index (χ2v) is 10.3. The molecule has 2 N–H and O–H groups in total. The molecule has 1 amide bonds. The highest BCUT2D eigenvalue weighted by Crippen LogP contribution is 2.51. The minimum atomic E-state index is -0.571. The Balaban J connectivity index is 1.54. The van der Waals surface area contributed by atoms with Gasteiger partial charge in [0.25, 0.3) is 5.91 Å². The Hall–Kier alpha value is -3.22. The van der Waals surface area contributed by atoms with Gasteiger partial charge in [0.1, 0.15) is 0 Å². The Kier molecular flexibility index (Phi) is 4.41. The lowest BCUT2D eigenvalue weighted by atomic mass is 9.62. The van der Waals surface area contributed by atoms with E-state index in [1.165, 1.54) is 24.1 Å². The molecule has 170 valence electrons. The second-order valence-electron chi connectivity index (χ2n) is 10.3. The standard InChI is InChI=1S/C26H30N6O/c1-4-26(17-9-7-8-16(12-17)18-14-28-32-11-6-5-10-21(18)32)19-15-27-31-23(19)29-20-13-25(2,3)30-24(33)22(20)26/h7-9,12,14-15,23,29H,4-6,10-11,13H2,1-3H3,(H,30,33)/t23?,26-/m1/s1. The molecule has 0 bridgehead atoms. The number of nitrogens with one attached hydrogen (secondary N) is 2. The van der Waals surface area contributed by atoms with E-state index in [9.17, 15) is 4.79 Å². The van der Waals surface area contributed by atoms with Crippen LogP contribution in [0.5, 0.6) is 0 Å². The van der Waals surface area contributed by atoms with Crippen LogP contribution in [0, 0.1) is 0 Å². The maximum atomic E-state index is 13.6.